The summed E-state index contributed by atoms with van der Waals surface area (Å²) in [7, 11) is 0. The van der Waals surface area contributed by atoms with Crippen LogP contribution in [0.4, 0.5) is 4.39 Å². The van der Waals surface area contributed by atoms with E-state index in [1.807, 2.05) is 0 Å². The van der Waals surface area contributed by atoms with Gasteiger partial charge in [-0.05, 0) is 20.3 Å². The molecule has 1 N–H and O–H groups in total. The molecule has 0 radical (unpaired) electrons. The van der Waals surface area contributed by atoms with Crippen LogP contribution >= 0.6 is 0 Å². The number of carboxylic acid groups (broad SMARTS) is 1. The standard InChI is InChI=1S/C8H11FO2/c1-6(4-3-5-9)7(2)8(10)11/h3,5H,4H2,1-2H3,(H,10,11). The van der Waals surface area contributed by atoms with E-state index in [9.17, 15) is 9.18 Å². The zero-order valence-corrected chi connectivity index (χ0v) is 6.60. The minimum atomic E-state index is -0.949. The van der Waals surface area contributed by atoms with Crippen molar-refractivity contribution in [3.05, 3.63) is 23.6 Å². The van der Waals surface area contributed by atoms with Crippen molar-refractivity contribution in [2.75, 3.05) is 0 Å². The van der Waals surface area contributed by atoms with E-state index in [4.69, 9.17) is 5.11 Å². The molecule has 0 bridgehead atoms. The smallest absolute Gasteiger partial charge is 0.331 e. The Morgan fingerprint density at radius 3 is 2.45 bits per heavy atom. The van der Waals surface area contributed by atoms with E-state index in [0.717, 1.165) is 0 Å². The van der Waals surface area contributed by atoms with Crippen LogP contribution in [0.2, 0.25) is 0 Å². The van der Waals surface area contributed by atoms with Gasteiger partial charge < -0.3 is 5.11 Å². The molecule has 11 heavy (non-hydrogen) atoms. The van der Waals surface area contributed by atoms with Crippen molar-refractivity contribution in [1.82, 2.24) is 0 Å². The second-order valence-corrected chi connectivity index (χ2v) is 2.28. The fourth-order valence-electron chi connectivity index (χ4n) is 0.557. The normalized spacial score (nSPS) is 13.4. The summed E-state index contributed by atoms with van der Waals surface area (Å²) in [5, 5.41) is 8.48. The maximum Gasteiger partial charge on any atom is 0.331 e. The lowest BCUT2D eigenvalue weighted by molar-refractivity contribution is -0.132. The SMILES string of the molecule is CC(CC=CF)=C(C)C(=O)O. The molecule has 0 spiro atoms. The Kier molecular flexibility index (Phi) is 4.18. The van der Waals surface area contributed by atoms with Crippen LogP contribution in [0.5, 0.6) is 0 Å². The lowest BCUT2D eigenvalue weighted by Crippen LogP contribution is -1.98. The molecule has 0 rings (SSSR count). The van der Waals surface area contributed by atoms with E-state index >= 15 is 0 Å². The van der Waals surface area contributed by atoms with Crippen LogP contribution in [0.1, 0.15) is 20.3 Å². The van der Waals surface area contributed by atoms with Crippen molar-refractivity contribution in [2.45, 2.75) is 20.3 Å². The number of carboxylic acids is 1. The number of hydrogen-bond acceptors (Lipinski definition) is 1. The summed E-state index contributed by atoms with van der Waals surface area (Å²) in [5.74, 6) is -0.949. The average Bonchev–Trinajstić information content (AvgIpc) is 1.98. The van der Waals surface area contributed by atoms with Gasteiger partial charge >= 0.3 is 5.97 Å². The Morgan fingerprint density at radius 1 is 1.55 bits per heavy atom. The predicted octanol–water partition coefficient (Wildman–Crippen LogP) is 2.28. The van der Waals surface area contributed by atoms with Crippen LogP contribution in [0, 0.1) is 0 Å². The van der Waals surface area contributed by atoms with Gasteiger partial charge in [0.15, 0.2) is 0 Å². The predicted molar refractivity (Wildman–Crippen MR) is 40.9 cm³/mol. The summed E-state index contributed by atoms with van der Waals surface area (Å²) in [5.41, 5.74) is 0.953. The van der Waals surface area contributed by atoms with Gasteiger partial charge in [0.25, 0.3) is 0 Å². The summed E-state index contributed by atoms with van der Waals surface area (Å²) in [6.45, 7) is 3.17. The summed E-state index contributed by atoms with van der Waals surface area (Å²) >= 11 is 0. The van der Waals surface area contributed by atoms with Crippen molar-refractivity contribution in [1.29, 1.82) is 0 Å². The molecule has 0 aliphatic rings. The van der Waals surface area contributed by atoms with Crippen molar-refractivity contribution in [3.8, 4) is 0 Å². The van der Waals surface area contributed by atoms with Crippen molar-refractivity contribution in [3.63, 3.8) is 0 Å². The maximum atomic E-state index is 11.5. The Labute approximate surface area is 65.0 Å². The fourth-order valence-corrected chi connectivity index (χ4v) is 0.557. The first-order valence-corrected chi connectivity index (χ1v) is 3.24. The van der Waals surface area contributed by atoms with Gasteiger partial charge in [-0.15, -0.1) is 0 Å². The first kappa shape index (κ1) is 9.88. The van der Waals surface area contributed by atoms with Gasteiger partial charge in [-0.1, -0.05) is 11.6 Å². The second-order valence-electron chi connectivity index (χ2n) is 2.28. The van der Waals surface area contributed by atoms with Crippen LogP contribution in [-0.2, 0) is 4.79 Å². The third-order valence-electron chi connectivity index (χ3n) is 1.47. The zero-order chi connectivity index (χ0) is 8.85. The molecule has 0 aromatic carbocycles. The monoisotopic (exact) mass is 158 g/mol. The van der Waals surface area contributed by atoms with Crippen molar-refractivity contribution >= 4 is 5.97 Å². The minimum absolute atomic E-state index is 0.281. The van der Waals surface area contributed by atoms with E-state index in [1.54, 1.807) is 6.92 Å². The zero-order valence-electron chi connectivity index (χ0n) is 6.60. The molecule has 0 atom stereocenters. The summed E-state index contributed by atoms with van der Waals surface area (Å²) in [6.07, 6.45) is 2.05. The fraction of sp³-hybridized carbons (Fsp3) is 0.375. The Bertz CT molecular complexity index is 204. The van der Waals surface area contributed by atoms with Gasteiger partial charge in [0.2, 0.25) is 0 Å². The molecule has 62 valence electrons. The highest BCUT2D eigenvalue weighted by molar-refractivity contribution is 5.86. The third kappa shape index (κ3) is 3.55. The molecule has 0 fully saturated rings. The number of carbonyl (C=O) groups is 1. The average molecular weight is 158 g/mol. The molecule has 2 nitrogen and oxygen atoms in total. The van der Waals surface area contributed by atoms with Crippen LogP contribution in [0.3, 0.4) is 0 Å². The molecular formula is C8H11FO2. The van der Waals surface area contributed by atoms with Gasteiger partial charge in [-0.25, -0.2) is 9.18 Å². The Balaban J connectivity index is 4.28. The first-order valence-electron chi connectivity index (χ1n) is 3.24. The number of rotatable bonds is 3. The molecule has 0 saturated carbocycles. The quantitative estimate of drug-likeness (QED) is 0.640. The molecule has 0 aromatic heterocycles. The van der Waals surface area contributed by atoms with Gasteiger partial charge in [-0.3, -0.25) is 0 Å². The molecule has 0 heterocycles. The minimum Gasteiger partial charge on any atom is -0.478 e. The van der Waals surface area contributed by atoms with E-state index < -0.39 is 5.97 Å². The highest BCUT2D eigenvalue weighted by Gasteiger charge is 2.02. The Hall–Kier alpha value is -1.12. The van der Waals surface area contributed by atoms with E-state index in [0.29, 0.717) is 18.3 Å². The lowest BCUT2D eigenvalue weighted by atomic mass is 10.1. The van der Waals surface area contributed by atoms with Gasteiger partial charge in [0.05, 0.1) is 6.33 Å². The molecule has 3 heteroatoms. The number of allylic oxidation sites excluding steroid dienone is 2. The Morgan fingerprint density at radius 2 is 2.09 bits per heavy atom. The second kappa shape index (κ2) is 4.66. The van der Waals surface area contributed by atoms with E-state index in [1.165, 1.54) is 13.0 Å². The van der Waals surface area contributed by atoms with Crippen molar-refractivity contribution < 1.29 is 14.3 Å². The molecule has 0 unspecified atom stereocenters. The highest BCUT2D eigenvalue weighted by atomic mass is 19.1. The summed E-state index contributed by atoms with van der Waals surface area (Å²) < 4.78 is 11.5. The van der Waals surface area contributed by atoms with E-state index in [-0.39, 0.29) is 5.57 Å². The largest absolute Gasteiger partial charge is 0.478 e. The third-order valence-corrected chi connectivity index (χ3v) is 1.47. The maximum absolute atomic E-state index is 11.5. The van der Waals surface area contributed by atoms with Gasteiger partial charge in [-0.2, -0.15) is 0 Å². The summed E-state index contributed by atoms with van der Waals surface area (Å²) in [4.78, 5) is 10.3. The van der Waals surface area contributed by atoms with Crippen LogP contribution < -0.4 is 0 Å². The first-order chi connectivity index (χ1) is 5.09. The van der Waals surface area contributed by atoms with Crippen LogP contribution in [0.15, 0.2) is 23.6 Å². The lowest BCUT2D eigenvalue weighted by Gasteiger charge is -1.98. The number of halogens is 1. The molecule has 0 amide bonds. The molecule has 0 aliphatic heterocycles. The molecule has 0 aromatic rings. The van der Waals surface area contributed by atoms with Gasteiger partial charge in [0, 0.05) is 5.57 Å². The summed E-state index contributed by atoms with van der Waals surface area (Å²) in [6, 6.07) is 0. The topological polar surface area (TPSA) is 37.3 Å². The molecule has 0 aliphatic carbocycles. The highest BCUT2D eigenvalue weighted by Crippen LogP contribution is 2.08. The van der Waals surface area contributed by atoms with Crippen LogP contribution in [-0.4, -0.2) is 11.1 Å². The van der Waals surface area contributed by atoms with Crippen LogP contribution in [0.25, 0.3) is 0 Å². The number of hydrogen-bond donors (Lipinski definition) is 1. The number of aliphatic carboxylic acids is 1. The molecule has 0 saturated heterocycles. The van der Waals surface area contributed by atoms with Gasteiger partial charge in [0.1, 0.15) is 0 Å². The molecular weight excluding hydrogens is 147 g/mol. The van der Waals surface area contributed by atoms with Crippen molar-refractivity contribution in [2.24, 2.45) is 0 Å². The van der Waals surface area contributed by atoms with E-state index in [2.05, 4.69) is 0 Å².